The van der Waals surface area contributed by atoms with Gasteiger partial charge in [-0.1, -0.05) is 12.1 Å². The van der Waals surface area contributed by atoms with Crippen molar-refractivity contribution in [3.63, 3.8) is 0 Å². The molecule has 5 heteroatoms. The van der Waals surface area contributed by atoms with Gasteiger partial charge in [-0.15, -0.1) is 23.1 Å². The van der Waals surface area contributed by atoms with Crippen molar-refractivity contribution in [2.45, 2.75) is 17.2 Å². The summed E-state index contributed by atoms with van der Waals surface area (Å²) in [6.45, 7) is 0.581. The van der Waals surface area contributed by atoms with Gasteiger partial charge in [0, 0.05) is 27.0 Å². The maximum Gasteiger partial charge on any atom is 0.103 e. The van der Waals surface area contributed by atoms with Crippen molar-refractivity contribution >= 4 is 39.0 Å². The van der Waals surface area contributed by atoms with Crippen LogP contribution in [0.1, 0.15) is 9.88 Å². The molecule has 0 aliphatic carbocycles. The van der Waals surface area contributed by atoms with Gasteiger partial charge in [0.1, 0.15) is 5.01 Å². The summed E-state index contributed by atoms with van der Waals surface area (Å²) < 4.78 is 1.13. The number of thioether (sulfide) groups is 1. The van der Waals surface area contributed by atoms with Crippen LogP contribution in [-0.4, -0.2) is 4.98 Å². The number of benzene rings is 1. The number of aromatic nitrogens is 1. The molecule has 1 aromatic carbocycles. The van der Waals surface area contributed by atoms with Crippen molar-refractivity contribution < 1.29 is 0 Å². The van der Waals surface area contributed by atoms with Gasteiger partial charge in [-0.3, -0.25) is 0 Å². The Balaban J connectivity index is 1.99. The molecule has 2 nitrogen and oxygen atoms in total. The number of hydrogen-bond acceptors (Lipinski definition) is 4. The molecule has 2 rings (SSSR count). The summed E-state index contributed by atoms with van der Waals surface area (Å²) in [4.78, 5) is 6.72. The van der Waals surface area contributed by atoms with Crippen molar-refractivity contribution in [1.29, 1.82) is 0 Å². The van der Waals surface area contributed by atoms with E-state index in [9.17, 15) is 0 Å². The Morgan fingerprint density at radius 1 is 1.38 bits per heavy atom. The Hall–Kier alpha value is -0.360. The Morgan fingerprint density at radius 2 is 2.19 bits per heavy atom. The third kappa shape index (κ3) is 3.07. The third-order valence-corrected chi connectivity index (χ3v) is 5.23. The lowest BCUT2D eigenvalue weighted by Gasteiger charge is -2.01. The molecule has 0 atom stereocenters. The molecule has 0 saturated carbocycles. The first-order valence-corrected chi connectivity index (χ1v) is 7.40. The summed E-state index contributed by atoms with van der Waals surface area (Å²) in [6, 6.07) is 8.21. The maximum atomic E-state index is 5.55. The van der Waals surface area contributed by atoms with Crippen LogP contribution in [0.25, 0.3) is 0 Å². The van der Waals surface area contributed by atoms with E-state index in [2.05, 4.69) is 33.0 Å². The molecule has 16 heavy (non-hydrogen) atoms. The average Bonchev–Trinajstić information content (AvgIpc) is 2.76. The largest absolute Gasteiger partial charge is 0.326 e. The predicted molar refractivity (Wildman–Crippen MR) is 73.7 cm³/mol. The van der Waals surface area contributed by atoms with Crippen LogP contribution in [0.4, 0.5) is 0 Å². The highest BCUT2D eigenvalue weighted by Crippen LogP contribution is 2.30. The Bertz CT molecular complexity index is 471. The van der Waals surface area contributed by atoms with Gasteiger partial charge >= 0.3 is 0 Å². The van der Waals surface area contributed by atoms with Crippen molar-refractivity contribution in [2.75, 3.05) is 0 Å². The minimum Gasteiger partial charge on any atom is -0.326 e. The molecule has 2 aromatic rings. The number of nitrogens with two attached hydrogens (primary N) is 1. The van der Waals surface area contributed by atoms with E-state index < -0.39 is 0 Å². The average molecular weight is 315 g/mol. The van der Waals surface area contributed by atoms with Crippen LogP contribution in [0.5, 0.6) is 0 Å². The van der Waals surface area contributed by atoms with Gasteiger partial charge in [-0.2, -0.15) is 0 Å². The molecular weight excluding hydrogens is 304 g/mol. The van der Waals surface area contributed by atoms with Crippen LogP contribution >= 0.6 is 39.0 Å². The lowest BCUT2D eigenvalue weighted by Crippen LogP contribution is -1.91. The van der Waals surface area contributed by atoms with E-state index in [0.717, 1.165) is 20.1 Å². The molecule has 0 amide bonds. The normalized spacial score (nSPS) is 10.6. The van der Waals surface area contributed by atoms with Crippen LogP contribution in [-0.2, 0) is 12.3 Å². The first kappa shape index (κ1) is 12.1. The Labute approximate surface area is 111 Å². The zero-order valence-electron chi connectivity index (χ0n) is 8.52. The van der Waals surface area contributed by atoms with Gasteiger partial charge < -0.3 is 5.73 Å². The zero-order chi connectivity index (χ0) is 11.4. The molecule has 0 aliphatic heterocycles. The standard InChI is InChI=1S/C11H11BrN2S2/c12-9-3-1-2-4-10(9)15-7-11-14-6-8(5-13)16-11/h1-4,6H,5,7,13H2. The molecular formula is C11H11BrN2S2. The van der Waals surface area contributed by atoms with Crippen LogP contribution in [0, 0.1) is 0 Å². The Kier molecular flexibility index (Phi) is 4.40. The SMILES string of the molecule is NCc1cnc(CSc2ccccc2Br)s1. The third-order valence-electron chi connectivity index (χ3n) is 1.99. The van der Waals surface area contributed by atoms with E-state index in [-0.39, 0.29) is 0 Å². The number of nitrogens with zero attached hydrogens (tertiary/aromatic N) is 1. The molecule has 0 bridgehead atoms. The second-order valence-corrected chi connectivity index (χ2v) is 6.21. The highest BCUT2D eigenvalue weighted by Gasteiger charge is 2.03. The van der Waals surface area contributed by atoms with Crippen molar-refractivity contribution in [2.24, 2.45) is 5.73 Å². The second kappa shape index (κ2) is 5.82. The van der Waals surface area contributed by atoms with E-state index in [1.54, 1.807) is 23.1 Å². The van der Waals surface area contributed by atoms with Crippen LogP contribution in [0.15, 0.2) is 39.8 Å². The van der Waals surface area contributed by atoms with E-state index in [0.29, 0.717) is 6.54 Å². The first-order chi connectivity index (χ1) is 7.79. The van der Waals surface area contributed by atoms with Crippen LogP contribution < -0.4 is 5.73 Å². The predicted octanol–water partition coefficient (Wildman–Crippen LogP) is 3.66. The van der Waals surface area contributed by atoms with Crippen molar-refractivity contribution in [3.05, 3.63) is 44.8 Å². The van der Waals surface area contributed by atoms with Gasteiger partial charge in [0.05, 0.1) is 5.75 Å². The molecule has 84 valence electrons. The lowest BCUT2D eigenvalue weighted by atomic mass is 10.4. The van der Waals surface area contributed by atoms with Gasteiger partial charge in [-0.05, 0) is 28.1 Å². The summed E-state index contributed by atoms with van der Waals surface area (Å²) in [7, 11) is 0. The smallest absolute Gasteiger partial charge is 0.103 e. The molecule has 0 spiro atoms. The highest BCUT2D eigenvalue weighted by atomic mass is 79.9. The van der Waals surface area contributed by atoms with Gasteiger partial charge in [0.15, 0.2) is 0 Å². The molecule has 1 heterocycles. The quantitative estimate of drug-likeness (QED) is 0.875. The molecule has 2 N–H and O–H groups in total. The fourth-order valence-corrected chi connectivity index (χ4v) is 3.58. The number of rotatable bonds is 4. The molecule has 1 aromatic heterocycles. The second-order valence-electron chi connectivity index (χ2n) is 3.14. The molecule has 0 fully saturated rings. The van der Waals surface area contributed by atoms with Crippen LogP contribution in [0.3, 0.4) is 0 Å². The van der Waals surface area contributed by atoms with Crippen LogP contribution in [0.2, 0.25) is 0 Å². The van der Waals surface area contributed by atoms with E-state index in [1.165, 1.54) is 4.90 Å². The number of halogens is 1. The van der Waals surface area contributed by atoms with E-state index in [1.807, 2.05) is 18.3 Å². The monoisotopic (exact) mass is 314 g/mol. The van der Waals surface area contributed by atoms with E-state index >= 15 is 0 Å². The zero-order valence-corrected chi connectivity index (χ0v) is 11.7. The van der Waals surface area contributed by atoms with Gasteiger partial charge in [0.2, 0.25) is 0 Å². The summed E-state index contributed by atoms with van der Waals surface area (Å²) >= 11 is 7.00. The van der Waals surface area contributed by atoms with E-state index in [4.69, 9.17) is 5.73 Å². The van der Waals surface area contributed by atoms with Gasteiger partial charge in [-0.25, -0.2) is 4.98 Å². The summed E-state index contributed by atoms with van der Waals surface area (Å²) in [5.74, 6) is 0.896. The summed E-state index contributed by atoms with van der Waals surface area (Å²) in [5.41, 5.74) is 5.55. The topological polar surface area (TPSA) is 38.9 Å². The highest BCUT2D eigenvalue weighted by molar-refractivity contribution is 9.10. The first-order valence-electron chi connectivity index (χ1n) is 4.80. The molecule has 0 radical (unpaired) electrons. The fourth-order valence-electron chi connectivity index (χ4n) is 1.21. The molecule has 0 unspecified atom stereocenters. The minimum absolute atomic E-state index is 0.581. The van der Waals surface area contributed by atoms with Crippen molar-refractivity contribution in [3.8, 4) is 0 Å². The molecule has 0 saturated heterocycles. The van der Waals surface area contributed by atoms with Gasteiger partial charge in [0.25, 0.3) is 0 Å². The Morgan fingerprint density at radius 3 is 2.88 bits per heavy atom. The maximum absolute atomic E-state index is 5.55. The number of hydrogen-bond donors (Lipinski definition) is 1. The summed E-state index contributed by atoms with van der Waals surface area (Å²) in [5, 5.41) is 1.13. The number of thiazole rings is 1. The molecule has 0 aliphatic rings. The fraction of sp³-hybridized carbons (Fsp3) is 0.182. The minimum atomic E-state index is 0.581. The summed E-state index contributed by atoms with van der Waals surface area (Å²) in [6.07, 6.45) is 1.86. The lowest BCUT2D eigenvalue weighted by molar-refractivity contribution is 1.09. The van der Waals surface area contributed by atoms with Crippen molar-refractivity contribution in [1.82, 2.24) is 4.98 Å².